The first-order valence-corrected chi connectivity index (χ1v) is 21.0. The van der Waals surface area contributed by atoms with E-state index in [0.717, 1.165) is 39.0 Å². The molecule has 1 aromatic carbocycles. The summed E-state index contributed by atoms with van der Waals surface area (Å²) in [5.74, 6) is 0. The maximum absolute atomic E-state index is 3.81. The lowest BCUT2D eigenvalue weighted by atomic mass is 10.1. The average Bonchev–Trinajstić information content (AvgIpc) is 3.21. The summed E-state index contributed by atoms with van der Waals surface area (Å²) in [6, 6.07) is 27.0. The Bertz CT molecular complexity index is 1620. The van der Waals surface area contributed by atoms with Crippen molar-refractivity contribution in [2.24, 2.45) is 0 Å². The molecule has 0 atom stereocenters. The molecule has 0 N–H and O–H groups in total. The Hall–Kier alpha value is -4.70. The summed E-state index contributed by atoms with van der Waals surface area (Å²) >= 11 is 0. The molecule has 0 amide bonds. The molecule has 4 heteroatoms. The fourth-order valence-corrected chi connectivity index (χ4v) is 7.21. The number of benzene rings is 1. The van der Waals surface area contributed by atoms with Crippen LogP contribution >= 0.6 is 0 Å². The summed E-state index contributed by atoms with van der Waals surface area (Å²) in [5.41, 5.74) is 7.66. The smallest absolute Gasteiger partial charge is 0.173 e. The van der Waals surface area contributed by atoms with E-state index in [-0.39, 0.29) is 0 Å². The summed E-state index contributed by atoms with van der Waals surface area (Å²) in [6.07, 6.45) is 42.7. The maximum Gasteiger partial charge on any atom is 0.173 e. The normalized spacial score (nSPS) is 11.1. The molecular weight excluding hydrogens is 657 g/mol. The molecule has 0 radical (unpaired) electrons. The topological polar surface area (TPSA) is 15.5 Å². The first kappa shape index (κ1) is 40.5. The highest BCUT2D eigenvalue weighted by Gasteiger charge is 2.10. The van der Waals surface area contributed by atoms with Crippen molar-refractivity contribution in [2.45, 2.75) is 129 Å². The molecule has 0 unspecified atom stereocenters. The second-order valence-corrected chi connectivity index (χ2v) is 15.1. The van der Waals surface area contributed by atoms with Crippen molar-refractivity contribution < 1.29 is 18.3 Å². The Labute approximate surface area is 327 Å². The number of aromatic nitrogens is 4. The Balaban J connectivity index is 0.996. The third-order valence-corrected chi connectivity index (χ3v) is 10.6. The van der Waals surface area contributed by atoms with Crippen molar-refractivity contribution in [2.75, 3.05) is 0 Å². The highest BCUT2D eigenvalue weighted by molar-refractivity contribution is 5.61. The first-order valence-electron chi connectivity index (χ1n) is 21.0. The molecule has 5 rings (SSSR count). The maximum atomic E-state index is 3.81. The lowest BCUT2D eigenvalue weighted by Crippen LogP contribution is -2.34. The molecule has 0 aliphatic heterocycles. The first-order chi connectivity index (χ1) is 26.7. The molecule has 282 valence electrons. The van der Waals surface area contributed by atoms with Crippen LogP contribution in [0, 0.1) is 0 Å². The number of aryl methyl sites for hydroxylation is 2. The Morgan fingerprint density at radius 2 is 0.574 bits per heavy atom. The van der Waals surface area contributed by atoms with Gasteiger partial charge in [-0.3, -0.25) is 0 Å². The molecule has 0 bridgehead atoms. The fourth-order valence-electron chi connectivity index (χ4n) is 7.21. The van der Waals surface area contributed by atoms with Crippen LogP contribution in [0.25, 0.3) is 22.3 Å². The lowest BCUT2D eigenvalue weighted by Gasteiger charge is -2.04. The Morgan fingerprint density at radius 1 is 0.315 bits per heavy atom. The van der Waals surface area contributed by atoms with Gasteiger partial charge in [0.2, 0.25) is 0 Å². The van der Waals surface area contributed by atoms with Crippen LogP contribution in [0.4, 0.5) is 0 Å². The predicted molar refractivity (Wildman–Crippen MR) is 223 cm³/mol. The third-order valence-electron chi connectivity index (χ3n) is 10.6. The lowest BCUT2D eigenvalue weighted by molar-refractivity contribution is -0.697. The van der Waals surface area contributed by atoms with Crippen LogP contribution in [0.2, 0.25) is 0 Å². The van der Waals surface area contributed by atoms with Crippen molar-refractivity contribution in [1.82, 2.24) is 0 Å². The average molecular weight is 723 g/mol. The summed E-state index contributed by atoms with van der Waals surface area (Å²) in [5, 5.41) is 0. The van der Waals surface area contributed by atoms with E-state index in [1.54, 1.807) is 0 Å². The van der Waals surface area contributed by atoms with Crippen LogP contribution in [-0.2, 0) is 26.2 Å². The largest absolute Gasteiger partial charge is 0.205 e. The van der Waals surface area contributed by atoms with E-state index in [9.17, 15) is 0 Å². The van der Waals surface area contributed by atoms with E-state index < -0.39 is 0 Å². The van der Waals surface area contributed by atoms with Crippen LogP contribution in [0.5, 0.6) is 0 Å². The number of allylic oxidation sites excluding steroid dienone is 2. The van der Waals surface area contributed by atoms with Gasteiger partial charge in [0.15, 0.2) is 62.7 Å². The van der Waals surface area contributed by atoms with Gasteiger partial charge in [0, 0.05) is 72.5 Å². The van der Waals surface area contributed by atoms with Crippen LogP contribution in [-0.4, -0.2) is 0 Å². The van der Waals surface area contributed by atoms with Gasteiger partial charge in [0.1, 0.15) is 13.1 Å². The highest BCUT2D eigenvalue weighted by Crippen LogP contribution is 2.18. The van der Waals surface area contributed by atoms with Crippen molar-refractivity contribution in [1.29, 1.82) is 0 Å². The van der Waals surface area contributed by atoms with E-state index >= 15 is 0 Å². The van der Waals surface area contributed by atoms with Gasteiger partial charge in [0.05, 0.1) is 0 Å². The SMILES string of the molecule is C=CCCCCCCCCC[n+]1ccc(-c2cc[n+](Cc3ccc(C[n+]4ccc(-c5cc[n+](CCCCCCCCCC=C)cc5)cc4)cc3)cc2)cc1. The standard InChI is InChI=1S/C50H66N4/c1-3-5-7-9-11-13-15-17-19-33-51-35-25-47(26-36-51)49-29-39-53(40-30-49)43-45-21-23-46(24-22-45)44-54-41-31-50(32-42-54)48-27-37-52(38-28-48)34-20-18-16-14-12-10-8-6-4-2/h3-4,21-32,35-42H,1-2,5-20,33-34,43-44H2/q+4. The number of pyridine rings is 4. The zero-order valence-corrected chi connectivity index (χ0v) is 33.0. The number of unbranched alkanes of at least 4 members (excludes halogenated alkanes) is 14. The molecule has 4 aromatic heterocycles. The van der Waals surface area contributed by atoms with Crippen molar-refractivity contribution in [3.05, 3.63) is 159 Å². The molecule has 0 saturated heterocycles. The quantitative estimate of drug-likeness (QED) is 0.0307. The molecule has 0 fully saturated rings. The van der Waals surface area contributed by atoms with E-state index in [1.165, 1.54) is 123 Å². The number of rotatable bonds is 26. The van der Waals surface area contributed by atoms with Crippen molar-refractivity contribution in [3.8, 4) is 22.3 Å². The third kappa shape index (κ3) is 14.6. The van der Waals surface area contributed by atoms with E-state index in [2.05, 4.69) is 154 Å². The predicted octanol–water partition coefficient (Wildman–Crippen LogP) is 10.9. The van der Waals surface area contributed by atoms with E-state index in [1.807, 2.05) is 12.2 Å². The number of hydrogen-bond donors (Lipinski definition) is 0. The minimum atomic E-state index is 0.861. The number of nitrogens with zero attached hydrogens (tertiary/aromatic N) is 4. The highest BCUT2D eigenvalue weighted by atomic mass is 14.9. The summed E-state index contributed by atoms with van der Waals surface area (Å²) < 4.78 is 9.16. The monoisotopic (exact) mass is 723 g/mol. The molecule has 4 nitrogen and oxygen atoms in total. The van der Waals surface area contributed by atoms with Gasteiger partial charge in [0.25, 0.3) is 0 Å². The minimum absolute atomic E-state index is 0.861. The summed E-state index contributed by atoms with van der Waals surface area (Å²) in [7, 11) is 0. The second-order valence-electron chi connectivity index (χ2n) is 15.1. The molecule has 0 aliphatic rings. The van der Waals surface area contributed by atoms with Gasteiger partial charge in [-0.15, -0.1) is 13.2 Å². The molecule has 5 aromatic rings. The van der Waals surface area contributed by atoms with Crippen LogP contribution < -0.4 is 18.3 Å². The molecule has 4 heterocycles. The van der Waals surface area contributed by atoms with Crippen LogP contribution in [0.1, 0.15) is 114 Å². The molecule has 54 heavy (non-hydrogen) atoms. The zero-order valence-electron chi connectivity index (χ0n) is 33.0. The molecule has 0 aliphatic carbocycles. The van der Waals surface area contributed by atoms with Crippen LogP contribution in [0.15, 0.2) is 148 Å². The molecule has 0 saturated carbocycles. The van der Waals surface area contributed by atoms with Crippen LogP contribution in [0.3, 0.4) is 0 Å². The summed E-state index contributed by atoms with van der Waals surface area (Å²) in [4.78, 5) is 0. The van der Waals surface area contributed by atoms with E-state index in [0.29, 0.717) is 0 Å². The number of hydrogen-bond acceptors (Lipinski definition) is 0. The zero-order chi connectivity index (χ0) is 37.5. The molecular formula is C50H66N4+4. The van der Waals surface area contributed by atoms with Gasteiger partial charge in [-0.1, -0.05) is 87.8 Å². The second kappa shape index (κ2) is 23.9. The van der Waals surface area contributed by atoms with Gasteiger partial charge in [-0.2, -0.15) is 0 Å². The van der Waals surface area contributed by atoms with E-state index in [4.69, 9.17) is 0 Å². The Morgan fingerprint density at radius 3 is 0.870 bits per heavy atom. The van der Waals surface area contributed by atoms with Gasteiger partial charge in [-0.25, -0.2) is 18.3 Å². The van der Waals surface area contributed by atoms with Gasteiger partial charge < -0.3 is 0 Å². The minimum Gasteiger partial charge on any atom is -0.205 e. The summed E-state index contributed by atoms with van der Waals surface area (Å²) in [6.45, 7) is 11.5. The van der Waals surface area contributed by atoms with Crippen molar-refractivity contribution >= 4 is 0 Å². The van der Waals surface area contributed by atoms with Gasteiger partial charge in [-0.05, 0) is 60.8 Å². The van der Waals surface area contributed by atoms with Gasteiger partial charge >= 0.3 is 0 Å². The Kier molecular flexibility index (Phi) is 17.9. The van der Waals surface area contributed by atoms with Crippen molar-refractivity contribution in [3.63, 3.8) is 0 Å². The molecule has 0 spiro atoms. The fraction of sp³-hybridized carbons (Fsp3) is 0.400.